The van der Waals surface area contributed by atoms with Crippen LogP contribution in [-0.2, 0) is 0 Å². The largest absolute Gasteiger partial charge is 0.412 e. The second-order valence-electron chi connectivity index (χ2n) is 0. The molecule has 0 aromatic rings. The topological polar surface area (TPSA) is 121 Å². The van der Waals surface area contributed by atoms with Crippen molar-refractivity contribution in [2.75, 3.05) is 0 Å². The van der Waals surface area contributed by atoms with Crippen LogP contribution >= 0.6 is 0 Å². The van der Waals surface area contributed by atoms with Gasteiger partial charge in [0.1, 0.15) is 0 Å². The Hall–Kier alpha value is -0.230. The summed E-state index contributed by atoms with van der Waals surface area (Å²) >= 11 is 0. The molecule has 0 rings (SSSR count). The lowest BCUT2D eigenvalue weighted by Gasteiger charge is -1.16. The summed E-state index contributed by atoms with van der Waals surface area (Å²) in [5.74, 6) is 3.00. The van der Waals surface area contributed by atoms with E-state index in [9.17, 15) is 0 Å². The first-order valence-corrected chi connectivity index (χ1v) is 0.218. The van der Waals surface area contributed by atoms with Crippen molar-refractivity contribution in [2.45, 2.75) is 0 Å². The molecule has 0 spiro atoms. The van der Waals surface area contributed by atoms with Gasteiger partial charge in [-0.05, 0) is 0 Å². The van der Waals surface area contributed by atoms with Crippen molar-refractivity contribution in [2.24, 2.45) is 5.96 Å². The minimum atomic E-state index is 0. The van der Waals surface area contributed by atoms with Crippen LogP contribution in [0.4, 0.5) is 4.48 Å². The van der Waals surface area contributed by atoms with Crippen LogP contribution in [0.1, 0.15) is 0 Å². The van der Waals surface area contributed by atoms with Gasteiger partial charge in [-0.25, -0.2) is 0 Å². The molecule has 0 amide bonds. The Morgan fingerprint density at radius 1 is 0.800 bits per heavy atom. The summed E-state index contributed by atoms with van der Waals surface area (Å²) in [7, 11) is 0. The second-order valence-corrected chi connectivity index (χ2v) is 0. The van der Waals surface area contributed by atoms with Gasteiger partial charge in [-0.1, -0.05) is 0 Å². The highest BCUT2D eigenvalue weighted by atomic mass is 19.2. The van der Waals surface area contributed by atoms with Crippen LogP contribution in [0.3, 0.4) is 0 Å². The molecule has 5 heteroatoms. The second kappa shape index (κ2) is 547. The number of hydrogen-bond donors (Lipinski definition) is 1. The minimum Gasteiger partial charge on any atom is -0.412 e. The van der Waals surface area contributed by atoms with Crippen LogP contribution < -0.4 is 5.96 Å². The van der Waals surface area contributed by atoms with Crippen molar-refractivity contribution in [1.82, 2.24) is 0 Å². The summed E-state index contributed by atoms with van der Waals surface area (Å²) in [5, 5.41) is 0. The van der Waals surface area contributed by atoms with Gasteiger partial charge in [-0.3, -0.25) is 0 Å². The van der Waals surface area contributed by atoms with E-state index in [0.717, 1.165) is 0 Å². The predicted molar refractivity (Wildman–Crippen MR) is 16.1 cm³/mol. The maximum Gasteiger partial charge on any atom is -0.141 e. The summed E-state index contributed by atoms with van der Waals surface area (Å²) in [6, 6.07) is 0. The fraction of sp³-hybridized carbons (Fsp3) is 0. The van der Waals surface area contributed by atoms with Crippen molar-refractivity contribution in [3.05, 3.63) is 0 Å². The Morgan fingerprint density at radius 3 is 0.800 bits per heavy atom. The van der Waals surface area contributed by atoms with Gasteiger partial charge in [0.05, 0.1) is 0 Å². The van der Waals surface area contributed by atoms with Crippen LogP contribution in [0.5, 0.6) is 0 Å². The van der Waals surface area contributed by atoms with E-state index in [1.807, 2.05) is 0 Å². The highest BCUT2D eigenvalue weighted by Crippen LogP contribution is 0.933. The van der Waals surface area contributed by atoms with E-state index in [2.05, 4.69) is 5.96 Å². The van der Waals surface area contributed by atoms with Crippen molar-refractivity contribution >= 4 is 0 Å². The molecule has 0 bridgehead atoms. The Labute approximate surface area is 28.3 Å². The normalized spacial score (nSPS) is 1.20. The van der Waals surface area contributed by atoms with E-state index < -0.39 is 0 Å². The van der Waals surface area contributed by atoms with Gasteiger partial charge in [0.2, 0.25) is 0 Å². The third kappa shape index (κ3) is 223. The quantitative estimate of drug-likeness (QED) is 0.320. The molecule has 0 saturated heterocycles. The summed E-state index contributed by atoms with van der Waals surface area (Å²) in [4.78, 5) is 0. The molecule has 0 aliphatic heterocycles. The van der Waals surface area contributed by atoms with Crippen molar-refractivity contribution in [1.29, 1.82) is 0 Å². The van der Waals surface area contributed by atoms with Gasteiger partial charge in [-0.2, -0.15) is 5.96 Å². The Bertz CT molecular complexity index is 6.85. The van der Waals surface area contributed by atoms with Crippen LogP contribution in [0.15, 0.2) is 0 Å². The average Bonchev–Trinajstić information content (AvgIpc) is 1.00. The zero-order valence-corrected chi connectivity index (χ0v) is 2.46. The summed E-state index contributed by atoms with van der Waals surface area (Å²) in [6.07, 6.45) is 0. The van der Waals surface area contributed by atoms with Crippen LogP contribution in [-0.4, -0.2) is 16.4 Å². The molecule has 0 unspecified atom stereocenters. The molecule has 0 radical (unpaired) electrons. The van der Waals surface area contributed by atoms with Gasteiger partial charge in [0.25, 0.3) is 0 Å². The first-order chi connectivity index (χ1) is 1.00. The van der Waals surface area contributed by atoms with E-state index >= 15 is 0 Å². The molecule has 0 aromatic carbocycles. The Kier molecular flexibility index (Phi) is 12500. The summed E-state index contributed by atoms with van der Waals surface area (Å²) < 4.78 is 9.00. The molecule has 0 atom stereocenters. The third-order valence-electron chi connectivity index (χ3n) is 0. The van der Waals surface area contributed by atoms with Crippen LogP contribution in [0, 0.1) is 0 Å². The van der Waals surface area contributed by atoms with Gasteiger partial charge >= 0.3 is 0 Å². The molecule has 0 heterocycles. The molecule has 0 aliphatic carbocycles. The summed E-state index contributed by atoms with van der Waals surface area (Å²) in [6.45, 7) is 0. The molecule has 0 fully saturated rings. The number of hydrogen-bond acceptors (Lipinski definition) is 1. The molecule has 0 aromatic heterocycles. The van der Waals surface area contributed by atoms with E-state index in [-0.39, 0.29) is 16.4 Å². The zero-order chi connectivity index (χ0) is 2.00. The van der Waals surface area contributed by atoms with Gasteiger partial charge < -0.3 is 16.4 Å². The van der Waals surface area contributed by atoms with E-state index in [4.69, 9.17) is 4.48 Å². The predicted octanol–water partition coefficient (Wildman–Crippen LogP) is -2.64. The average molecular weight is 89.1 g/mol. The maximum atomic E-state index is 9.00. The van der Waals surface area contributed by atoms with Crippen LogP contribution in [0.25, 0.3) is 0 Å². The van der Waals surface area contributed by atoms with E-state index in [1.165, 1.54) is 0 Å². The first kappa shape index (κ1) is 114. The Morgan fingerprint density at radius 2 is 0.800 bits per heavy atom. The van der Waals surface area contributed by atoms with Gasteiger partial charge in [0.15, 0.2) is 0 Å². The number of nitrogens with two attached hydrogens (primary N) is 1. The number of rotatable bonds is 0. The molecule has 5 heavy (non-hydrogen) atoms. The monoisotopic (exact) mass is 89.0 g/mol. The third-order valence-corrected chi connectivity index (χ3v) is 0. The molecule has 0 aliphatic rings. The lowest BCUT2D eigenvalue weighted by atomic mass is 13.8. The smallest absolute Gasteiger partial charge is 0.141 e. The lowest BCUT2D eigenvalue weighted by Crippen LogP contribution is -1.53. The molecule has 0 saturated carbocycles. The molecular formula is H8FNO3. The van der Waals surface area contributed by atoms with E-state index in [0.29, 0.717) is 0 Å². The van der Waals surface area contributed by atoms with Crippen molar-refractivity contribution in [3.63, 3.8) is 0 Å². The molecule has 4 nitrogen and oxygen atoms in total. The summed E-state index contributed by atoms with van der Waals surface area (Å²) in [5.41, 5.74) is 0. The van der Waals surface area contributed by atoms with Gasteiger partial charge in [0, 0.05) is 0 Å². The van der Waals surface area contributed by atoms with Crippen molar-refractivity contribution < 1.29 is 20.9 Å². The minimum absolute atomic E-state index is 0. The fourth-order valence-corrected chi connectivity index (χ4v) is 0. The van der Waals surface area contributed by atoms with Crippen molar-refractivity contribution in [3.8, 4) is 0 Å². The molecule has 38 valence electrons. The van der Waals surface area contributed by atoms with Gasteiger partial charge in [-0.15, -0.1) is 4.48 Å². The fourth-order valence-electron chi connectivity index (χ4n) is 0. The standard InChI is InChI=1S/FH2N.3H2O/c1-2;;;/h2H2;3*1H2. The maximum absolute atomic E-state index is 9.00. The highest BCUT2D eigenvalue weighted by molar-refractivity contribution is 2.84. The SMILES string of the molecule is NF.O.O.O. The number of halogens is 1. The van der Waals surface area contributed by atoms with Crippen LogP contribution in [0.2, 0.25) is 0 Å². The molecule has 8 N–H and O–H groups in total. The van der Waals surface area contributed by atoms with E-state index in [1.54, 1.807) is 0 Å². The zero-order valence-electron chi connectivity index (χ0n) is 2.46. The first-order valence-electron chi connectivity index (χ1n) is 0.218. The highest BCUT2D eigenvalue weighted by Gasteiger charge is 0.844. The molecular weight excluding hydrogens is 81.0 g/mol. The Balaban J connectivity index is -0.00000000167. The lowest BCUT2D eigenvalue weighted by molar-refractivity contribution is 0.530.